The molecule has 1 aromatic heterocycles. The number of carbonyl (C=O) groups excluding carboxylic acids is 2. The van der Waals surface area contributed by atoms with Crippen molar-refractivity contribution in [3.63, 3.8) is 0 Å². The molecule has 2 aromatic carbocycles. The Kier molecular flexibility index (Phi) is 5.95. The predicted octanol–water partition coefficient (Wildman–Crippen LogP) is 2.17. The third-order valence-corrected chi connectivity index (χ3v) is 3.40. The smallest absolute Gasteiger partial charge is 0.344 e. The maximum atomic E-state index is 11.8. The standard InChI is InChI=1S/C19H14N4O5/c20-10-13-6-8-15(9-7-13)26-12-17(25)27-11-16(24)21-19-23-22-18(28-19)14-4-2-1-3-5-14/h1-9H,11-12H2,(H,21,23,24). The van der Waals surface area contributed by atoms with Crippen LogP contribution in [0.4, 0.5) is 6.01 Å². The molecular formula is C19H14N4O5. The molecule has 28 heavy (non-hydrogen) atoms. The van der Waals surface area contributed by atoms with Crippen LogP contribution in [0.2, 0.25) is 0 Å². The number of anilines is 1. The number of rotatable bonds is 7. The molecule has 0 radical (unpaired) electrons. The van der Waals surface area contributed by atoms with Gasteiger partial charge >= 0.3 is 12.0 Å². The van der Waals surface area contributed by atoms with E-state index in [1.807, 2.05) is 24.3 Å². The number of benzene rings is 2. The molecule has 3 rings (SSSR count). The molecule has 0 saturated carbocycles. The van der Waals surface area contributed by atoms with E-state index in [4.69, 9.17) is 19.2 Å². The van der Waals surface area contributed by atoms with Gasteiger partial charge in [0, 0.05) is 5.56 Å². The van der Waals surface area contributed by atoms with E-state index in [1.54, 1.807) is 36.4 Å². The highest BCUT2D eigenvalue weighted by Gasteiger charge is 2.13. The number of nitrogens with one attached hydrogen (secondary N) is 1. The molecule has 0 fully saturated rings. The summed E-state index contributed by atoms with van der Waals surface area (Å²) in [6.07, 6.45) is 0. The Labute approximate surface area is 159 Å². The molecule has 0 bridgehead atoms. The highest BCUT2D eigenvalue weighted by molar-refractivity contribution is 5.91. The summed E-state index contributed by atoms with van der Waals surface area (Å²) in [5, 5.41) is 18.6. The first-order valence-electron chi connectivity index (χ1n) is 8.11. The molecule has 9 nitrogen and oxygen atoms in total. The maximum Gasteiger partial charge on any atom is 0.344 e. The van der Waals surface area contributed by atoms with Gasteiger partial charge in [-0.15, -0.1) is 5.10 Å². The first-order chi connectivity index (χ1) is 13.6. The number of carbonyl (C=O) groups is 2. The molecule has 0 spiro atoms. The summed E-state index contributed by atoms with van der Waals surface area (Å²) in [6, 6.07) is 17.1. The Hall–Kier alpha value is -4.19. The van der Waals surface area contributed by atoms with Gasteiger partial charge in [0.15, 0.2) is 13.2 Å². The maximum absolute atomic E-state index is 11.8. The van der Waals surface area contributed by atoms with Crippen molar-refractivity contribution in [2.24, 2.45) is 0 Å². The monoisotopic (exact) mass is 378 g/mol. The first kappa shape index (κ1) is 18.6. The predicted molar refractivity (Wildman–Crippen MR) is 96.0 cm³/mol. The summed E-state index contributed by atoms with van der Waals surface area (Å²) in [5.41, 5.74) is 1.19. The van der Waals surface area contributed by atoms with Gasteiger partial charge in [0.25, 0.3) is 5.91 Å². The Bertz CT molecular complexity index is 993. The normalized spacial score (nSPS) is 9.96. The van der Waals surface area contributed by atoms with Gasteiger partial charge in [0.1, 0.15) is 5.75 Å². The van der Waals surface area contributed by atoms with E-state index in [9.17, 15) is 9.59 Å². The zero-order chi connectivity index (χ0) is 19.8. The minimum Gasteiger partial charge on any atom is -0.482 e. The molecule has 0 aliphatic carbocycles. The lowest BCUT2D eigenvalue weighted by Gasteiger charge is -2.06. The van der Waals surface area contributed by atoms with E-state index >= 15 is 0 Å². The zero-order valence-electron chi connectivity index (χ0n) is 14.5. The lowest BCUT2D eigenvalue weighted by atomic mass is 10.2. The van der Waals surface area contributed by atoms with Crippen LogP contribution in [-0.2, 0) is 14.3 Å². The fraction of sp³-hybridized carbons (Fsp3) is 0.105. The molecule has 1 N–H and O–H groups in total. The molecule has 9 heteroatoms. The second kappa shape index (κ2) is 8.95. The number of amides is 1. The summed E-state index contributed by atoms with van der Waals surface area (Å²) >= 11 is 0. The fourth-order valence-electron chi connectivity index (χ4n) is 2.08. The number of hydrogen-bond acceptors (Lipinski definition) is 8. The number of nitrogens with zero attached hydrogens (tertiary/aromatic N) is 3. The van der Waals surface area contributed by atoms with Gasteiger partial charge in [-0.1, -0.05) is 23.3 Å². The van der Waals surface area contributed by atoms with Crippen LogP contribution in [0.1, 0.15) is 5.56 Å². The van der Waals surface area contributed by atoms with Crippen LogP contribution < -0.4 is 10.1 Å². The molecular weight excluding hydrogens is 364 g/mol. The van der Waals surface area contributed by atoms with Crippen molar-refractivity contribution in [3.05, 3.63) is 60.2 Å². The van der Waals surface area contributed by atoms with E-state index in [1.165, 1.54) is 0 Å². The SMILES string of the molecule is N#Cc1ccc(OCC(=O)OCC(=O)Nc2nnc(-c3ccccc3)o2)cc1. The van der Waals surface area contributed by atoms with E-state index in [2.05, 4.69) is 15.5 Å². The van der Waals surface area contributed by atoms with Crippen molar-refractivity contribution in [2.75, 3.05) is 18.5 Å². The van der Waals surface area contributed by atoms with Crippen LogP contribution in [0.3, 0.4) is 0 Å². The molecule has 140 valence electrons. The molecule has 0 aliphatic heterocycles. The van der Waals surface area contributed by atoms with Gasteiger partial charge in [-0.05, 0) is 36.4 Å². The van der Waals surface area contributed by atoms with Crippen molar-refractivity contribution in [1.82, 2.24) is 10.2 Å². The largest absolute Gasteiger partial charge is 0.482 e. The third-order valence-electron chi connectivity index (χ3n) is 3.40. The topological polar surface area (TPSA) is 127 Å². The van der Waals surface area contributed by atoms with Crippen LogP contribution in [0.25, 0.3) is 11.5 Å². The van der Waals surface area contributed by atoms with Gasteiger partial charge in [-0.2, -0.15) is 5.26 Å². The van der Waals surface area contributed by atoms with Gasteiger partial charge in [0.05, 0.1) is 11.6 Å². The number of nitriles is 1. The lowest BCUT2D eigenvalue weighted by molar-refractivity contribution is -0.149. The number of aromatic nitrogens is 2. The summed E-state index contributed by atoms with van der Waals surface area (Å²) in [4.78, 5) is 23.5. The van der Waals surface area contributed by atoms with E-state index in [0.29, 0.717) is 16.9 Å². The Morgan fingerprint density at radius 3 is 2.50 bits per heavy atom. The number of esters is 1. The van der Waals surface area contributed by atoms with Gasteiger partial charge in [-0.25, -0.2) is 4.79 Å². The average molecular weight is 378 g/mol. The zero-order valence-corrected chi connectivity index (χ0v) is 14.5. The minimum absolute atomic E-state index is 0.103. The summed E-state index contributed by atoms with van der Waals surface area (Å²) in [5.74, 6) is -0.701. The van der Waals surface area contributed by atoms with Gasteiger partial charge in [-0.3, -0.25) is 10.1 Å². The van der Waals surface area contributed by atoms with E-state index in [0.717, 1.165) is 0 Å². The summed E-state index contributed by atoms with van der Waals surface area (Å²) in [7, 11) is 0. The fourth-order valence-corrected chi connectivity index (χ4v) is 2.08. The molecule has 3 aromatic rings. The van der Waals surface area contributed by atoms with E-state index < -0.39 is 18.5 Å². The number of ether oxygens (including phenoxy) is 2. The molecule has 0 saturated heterocycles. The Balaban J connectivity index is 1.42. The van der Waals surface area contributed by atoms with Crippen LogP contribution in [0, 0.1) is 11.3 Å². The van der Waals surface area contributed by atoms with E-state index in [-0.39, 0.29) is 18.5 Å². The second-order valence-electron chi connectivity index (χ2n) is 5.41. The Morgan fingerprint density at radius 1 is 1.04 bits per heavy atom. The van der Waals surface area contributed by atoms with Crippen molar-refractivity contribution in [1.29, 1.82) is 5.26 Å². The molecule has 0 aliphatic rings. The highest BCUT2D eigenvalue weighted by atomic mass is 16.6. The van der Waals surface area contributed by atoms with Gasteiger partial charge in [0.2, 0.25) is 5.89 Å². The van der Waals surface area contributed by atoms with Crippen LogP contribution >= 0.6 is 0 Å². The first-order valence-corrected chi connectivity index (χ1v) is 8.11. The quantitative estimate of drug-likeness (QED) is 0.620. The molecule has 1 amide bonds. The van der Waals surface area contributed by atoms with Crippen molar-refractivity contribution in [2.45, 2.75) is 0 Å². The lowest BCUT2D eigenvalue weighted by Crippen LogP contribution is -2.23. The van der Waals surface area contributed by atoms with Crippen molar-refractivity contribution >= 4 is 17.9 Å². The minimum atomic E-state index is -0.727. The number of hydrogen-bond donors (Lipinski definition) is 1. The highest BCUT2D eigenvalue weighted by Crippen LogP contribution is 2.18. The molecule has 0 unspecified atom stereocenters. The van der Waals surface area contributed by atoms with Crippen molar-refractivity contribution in [3.8, 4) is 23.3 Å². The van der Waals surface area contributed by atoms with Crippen LogP contribution in [0.5, 0.6) is 5.75 Å². The van der Waals surface area contributed by atoms with Crippen molar-refractivity contribution < 1.29 is 23.5 Å². The molecule has 0 atom stereocenters. The van der Waals surface area contributed by atoms with Gasteiger partial charge < -0.3 is 13.9 Å². The summed E-state index contributed by atoms with van der Waals surface area (Å²) < 4.78 is 15.4. The Morgan fingerprint density at radius 2 is 1.79 bits per heavy atom. The third kappa shape index (κ3) is 5.15. The average Bonchev–Trinajstić information content (AvgIpc) is 3.20. The summed E-state index contributed by atoms with van der Waals surface area (Å²) in [6.45, 7) is -0.906. The second-order valence-corrected chi connectivity index (χ2v) is 5.41. The van der Waals surface area contributed by atoms with Crippen LogP contribution in [-0.4, -0.2) is 35.3 Å². The van der Waals surface area contributed by atoms with Crippen LogP contribution in [0.15, 0.2) is 59.0 Å². The molecule has 1 heterocycles.